The van der Waals surface area contributed by atoms with Crippen molar-refractivity contribution in [2.75, 3.05) is 18.4 Å². The van der Waals surface area contributed by atoms with E-state index in [-0.39, 0.29) is 30.1 Å². The fraction of sp³-hybridized carbons (Fsp3) is 0.520. The Balaban J connectivity index is 1.78. The summed E-state index contributed by atoms with van der Waals surface area (Å²) in [6.07, 6.45) is 6.67. The van der Waals surface area contributed by atoms with Crippen LogP contribution in [0.2, 0.25) is 0 Å². The topological polar surface area (TPSA) is 57.6 Å². The van der Waals surface area contributed by atoms with E-state index in [9.17, 15) is 18.4 Å². The molecule has 8 heteroatoms. The highest BCUT2D eigenvalue weighted by atomic mass is 19.2. The molecule has 1 aromatic carbocycles. The Morgan fingerprint density at radius 3 is 2.45 bits per heavy atom. The summed E-state index contributed by atoms with van der Waals surface area (Å²) in [5.74, 6) is -1.86. The number of urea groups is 1. The van der Waals surface area contributed by atoms with Crippen LogP contribution >= 0.6 is 0 Å². The highest BCUT2D eigenvalue weighted by molar-refractivity contribution is 5.92. The lowest BCUT2D eigenvalue weighted by Crippen LogP contribution is -2.50. The second-order valence-electron chi connectivity index (χ2n) is 9.26. The lowest BCUT2D eigenvalue weighted by atomic mass is 9.94. The number of anilines is 1. The van der Waals surface area contributed by atoms with Crippen LogP contribution in [0.1, 0.15) is 51.6 Å². The number of aryl methyl sites for hydroxylation is 1. The van der Waals surface area contributed by atoms with Crippen molar-refractivity contribution in [1.82, 2.24) is 14.4 Å². The van der Waals surface area contributed by atoms with Gasteiger partial charge in [0.1, 0.15) is 6.54 Å². The lowest BCUT2D eigenvalue weighted by molar-refractivity contribution is -0.133. The molecule has 1 aliphatic carbocycles. The number of nitrogens with zero attached hydrogens (tertiary/aromatic N) is 3. The first-order chi connectivity index (χ1) is 15.7. The molecule has 0 unspecified atom stereocenters. The van der Waals surface area contributed by atoms with E-state index in [1.807, 2.05) is 29.9 Å². The van der Waals surface area contributed by atoms with Gasteiger partial charge in [-0.15, -0.1) is 0 Å². The van der Waals surface area contributed by atoms with Crippen LogP contribution in [0.25, 0.3) is 0 Å². The molecule has 0 atom stereocenters. The van der Waals surface area contributed by atoms with Gasteiger partial charge < -0.3 is 19.7 Å². The Hall–Kier alpha value is -2.90. The van der Waals surface area contributed by atoms with Gasteiger partial charge >= 0.3 is 6.03 Å². The molecule has 0 radical (unpaired) electrons. The maximum atomic E-state index is 13.6. The standard InChI is InChI=1S/C25H34F2N4O2/c1-18(2)15-30(16-21-10-7-13-29(21)3)24(32)17-31(20-8-5-4-6-9-20)25(33)28-19-11-12-22(26)23(27)14-19/h7,10-14,18,20H,4-6,8-9,15-17H2,1-3H3,(H,28,33). The van der Waals surface area contributed by atoms with Crippen molar-refractivity contribution < 1.29 is 18.4 Å². The smallest absolute Gasteiger partial charge is 0.322 e. The quantitative estimate of drug-likeness (QED) is 0.592. The molecule has 1 aromatic heterocycles. The summed E-state index contributed by atoms with van der Waals surface area (Å²) in [4.78, 5) is 30.0. The molecule has 0 bridgehead atoms. The molecule has 0 saturated heterocycles. The molecule has 2 aromatic rings. The van der Waals surface area contributed by atoms with Crippen LogP contribution in [0.4, 0.5) is 19.3 Å². The van der Waals surface area contributed by atoms with Crippen LogP contribution in [0.5, 0.6) is 0 Å². The molecule has 0 spiro atoms. The highest BCUT2D eigenvalue weighted by Gasteiger charge is 2.29. The molecule has 3 rings (SSSR count). The van der Waals surface area contributed by atoms with Crippen LogP contribution in [-0.2, 0) is 18.4 Å². The van der Waals surface area contributed by atoms with Gasteiger partial charge in [-0.05, 0) is 43.0 Å². The van der Waals surface area contributed by atoms with Gasteiger partial charge in [0.2, 0.25) is 5.91 Å². The lowest BCUT2D eigenvalue weighted by Gasteiger charge is -2.35. The average molecular weight is 461 g/mol. The number of aromatic nitrogens is 1. The predicted octanol–water partition coefficient (Wildman–Crippen LogP) is 5.15. The molecule has 1 fully saturated rings. The molecule has 3 amide bonds. The Morgan fingerprint density at radius 2 is 1.85 bits per heavy atom. The molecule has 1 saturated carbocycles. The van der Waals surface area contributed by atoms with Crippen molar-refractivity contribution in [3.05, 3.63) is 53.9 Å². The Bertz CT molecular complexity index is 954. The van der Waals surface area contributed by atoms with Crippen molar-refractivity contribution in [3.63, 3.8) is 0 Å². The summed E-state index contributed by atoms with van der Waals surface area (Å²) in [5.41, 5.74) is 1.18. The highest BCUT2D eigenvalue weighted by Crippen LogP contribution is 2.24. The van der Waals surface area contributed by atoms with Gasteiger partial charge in [0, 0.05) is 43.3 Å². The number of carbonyl (C=O) groups is 2. The van der Waals surface area contributed by atoms with E-state index in [1.54, 1.807) is 9.80 Å². The van der Waals surface area contributed by atoms with Crippen LogP contribution in [0, 0.1) is 17.6 Å². The van der Waals surface area contributed by atoms with Crippen LogP contribution < -0.4 is 5.32 Å². The zero-order valence-corrected chi connectivity index (χ0v) is 19.7. The van der Waals surface area contributed by atoms with Gasteiger partial charge in [0.05, 0.1) is 6.54 Å². The monoisotopic (exact) mass is 460 g/mol. The van der Waals surface area contributed by atoms with E-state index in [2.05, 4.69) is 19.2 Å². The normalized spacial score (nSPS) is 14.4. The average Bonchev–Trinajstić information content (AvgIpc) is 3.18. The summed E-state index contributed by atoms with van der Waals surface area (Å²) in [5, 5.41) is 2.65. The fourth-order valence-corrected chi connectivity index (χ4v) is 4.33. The summed E-state index contributed by atoms with van der Waals surface area (Å²) in [6, 6.07) is 6.64. The molecule has 180 valence electrons. The minimum absolute atomic E-state index is 0.0582. The van der Waals surface area contributed by atoms with Gasteiger partial charge in [-0.25, -0.2) is 13.6 Å². The van der Waals surface area contributed by atoms with Crippen LogP contribution in [0.15, 0.2) is 36.5 Å². The number of rotatable bonds is 8. The number of amides is 3. The van der Waals surface area contributed by atoms with Gasteiger partial charge in [-0.3, -0.25) is 4.79 Å². The number of nitrogens with one attached hydrogen (secondary N) is 1. The Labute approximate surface area is 194 Å². The zero-order chi connectivity index (χ0) is 24.0. The predicted molar refractivity (Wildman–Crippen MR) is 125 cm³/mol. The van der Waals surface area contributed by atoms with E-state index in [1.165, 1.54) is 6.07 Å². The van der Waals surface area contributed by atoms with E-state index in [4.69, 9.17) is 0 Å². The minimum atomic E-state index is -1.03. The van der Waals surface area contributed by atoms with Gasteiger partial charge in [0.15, 0.2) is 11.6 Å². The van der Waals surface area contributed by atoms with Crippen molar-refractivity contribution in [2.24, 2.45) is 13.0 Å². The number of carbonyl (C=O) groups excluding carboxylic acids is 2. The number of hydrogen-bond donors (Lipinski definition) is 1. The summed E-state index contributed by atoms with van der Waals surface area (Å²) < 4.78 is 28.9. The van der Waals surface area contributed by atoms with E-state index >= 15 is 0 Å². The van der Waals surface area contributed by atoms with Crippen molar-refractivity contribution in [3.8, 4) is 0 Å². The van der Waals surface area contributed by atoms with Gasteiger partial charge in [-0.2, -0.15) is 0 Å². The first-order valence-corrected chi connectivity index (χ1v) is 11.6. The third-order valence-corrected chi connectivity index (χ3v) is 6.10. The van der Waals surface area contributed by atoms with E-state index < -0.39 is 17.7 Å². The fourth-order valence-electron chi connectivity index (χ4n) is 4.33. The molecular weight excluding hydrogens is 426 g/mol. The zero-order valence-electron chi connectivity index (χ0n) is 19.7. The minimum Gasteiger partial charge on any atom is -0.353 e. The molecule has 0 aliphatic heterocycles. The molecule has 1 heterocycles. The summed E-state index contributed by atoms with van der Waals surface area (Å²) in [7, 11) is 1.94. The second kappa shape index (κ2) is 11.3. The molecule has 33 heavy (non-hydrogen) atoms. The largest absolute Gasteiger partial charge is 0.353 e. The van der Waals surface area contributed by atoms with Crippen molar-refractivity contribution in [2.45, 2.75) is 58.5 Å². The maximum absolute atomic E-state index is 13.6. The molecule has 1 N–H and O–H groups in total. The Kier molecular flexibility index (Phi) is 8.47. The first kappa shape index (κ1) is 24.7. The summed E-state index contributed by atoms with van der Waals surface area (Å²) in [6.45, 7) is 5.09. The van der Waals surface area contributed by atoms with E-state index in [0.29, 0.717) is 13.1 Å². The van der Waals surface area contributed by atoms with Crippen LogP contribution in [-0.4, -0.2) is 45.4 Å². The van der Waals surface area contributed by atoms with Gasteiger partial charge in [0.25, 0.3) is 0 Å². The maximum Gasteiger partial charge on any atom is 0.322 e. The third kappa shape index (κ3) is 6.79. The SMILES string of the molecule is CC(C)CN(Cc1cccn1C)C(=O)CN(C(=O)Nc1ccc(F)c(F)c1)C1CCCCC1. The molecular formula is C25H34F2N4O2. The van der Waals surface area contributed by atoms with Crippen LogP contribution in [0.3, 0.4) is 0 Å². The number of hydrogen-bond acceptors (Lipinski definition) is 2. The second-order valence-corrected chi connectivity index (χ2v) is 9.26. The Morgan fingerprint density at radius 1 is 1.12 bits per heavy atom. The third-order valence-electron chi connectivity index (χ3n) is 6.10. The number of benzene rings is 1. The van der Waals surface area contributed by atoms with Crippen molar-refractivity contribution in [1.29, 1.82) is 0 Å². The van der Waals surface area contributed by atoms with Gasteiger partial charge in [-0.1, -0.05) is 33.1 Å². The summed E-state index contributed by atoms with van der Waals surface area (Å²) >= 11 is 0. The van der Waals surface area contributed by atoms with E-state index in [0.717, 1.165) is 49.9 Å². The first-order valence-electron chi connectivity index (χ1n) is 11.6. The molecule has 1 aliphatic rings. The van der Waals surface area contributed by atoms with Crippen molar-refractivity contribution >= 4 is 17.6 Å². The molecule has 6 nitrogen and oxygen atoms in total. The number of halogens is 2.